The van der Waals surface area contributed by atoms with Crippen molar-refractivity contribution in [2.24, 2.45) is 0 Å². The fourth-order valence-corrected chi connectivity index (χ4v) is 1.65. The lowest BCUT2D eigenvalue weighted by atomic mass is 9.87. The number of nitriles is 1. The van der Waals surface area contributed by atoms with Crippen molar-refractivity contribution in [1.82, 2.24) is 0 Å². The van der Waals surface area contributed by atoms with Crippen molar-refractivity contribution >= 4 is 23.2 Å². The van der Waals surface area contributed by atoms with Crippen LogP contribution in [0.1, 0.15) is 10.4 Å². The Kier molecular flexibility index (Phi) is 2.30. The molecule has 0 saturated carbocycles. The molecule has 0 saturated heterocycles. The average Bonchev–Trinajstić information content (AvgIpc) is 2.30. The van der Waals surface area contributed by atoms with E-state index in [1.54, 1.807) is 13.0 Å². The van der Waals surface area contributed by atoms with Crippen LogP contribution in [0.25, 0.3) is 0 Å². The van der Waals surface area contributed by atoms with Crippen LogP contribution in [0.15, 0.2) is 6.07 Å². The predicted octanol–water partition coefficient (Wildman–Crippen LogP) is -0.392. The minimum absolute atomic E-state index is 0.446. The van der Waals surface area contributed by atoms with Gasteiger partial charge in [-0.2, -0.15) is 5.26 Å². The van der Waals surface area contributed by atoms with E-state index in [9.17, 15) is 0 Å². The number of hydrogen-bond acceptors (Lipinski definition) is 4. The van der Waals surface area contributed by atoms with Gasteiger partial charge in [-0.25, -0.2) is 0 Å². The molecular formula is C6H6BNO2S. The minimum Gasteiger partial charge on any atom is -0.423 e. The summed E-state index contributed by atoms with van der Waals surface area (Å²) in [6, 6.07) is 3.58. The second-order valence-corrected chi connectivity index (χ2v) is 3.23. The summed E-state index contributed by atoms with van der Waals surface area (Å²) in [5.41, 5.74) is 0.751. The van der Waals surface area contributed by atoms with Gasteiger partial charge in [0, 0.05) is 4.78 Å². The Morgan fingerprint density at radius 1 is 1.64 bits per heavy atom. The molecule has 0 radical (unpaired) electrons. The van der Waals surface area contributed by atoms with E-state index in [1.807, 2.05) is 6.07 Å². The average molecular weight is 167 g/mol. The second-order valence-electron chi connectivity index (χ2n) is 2.14. The number of thiophene rings is 1. The molecule has 2 N–H and O–H groups in total. The Morgan fingerprint density at radius 2 is 2.27 bits per heavy atom. The molecule has 0 atom stereocenters. The van der Waals surface area contributed by atoms with E-state index >= 15 is 0 Å². The van der Waals surface area contributed by atoms with Crippen molar-refractivity contribution in [2.45, 2.75) is 6.92 Å². The standard InChI is InChI=1S/C6H6BNO2S/c1-4-2-5(3-8)11-6(4)7(9)10/h2,9-10H,1H3. The first kappa shape index (κ1) is 8.27. The third-order valence-electron chi connectivity index (χ3n) is 1.30. The minimum atomic E-state index is -1.46. The monoisotopic (exact) mass is 167 g/mol. The van der Waals surface area contributed by atoms with Gasteiger partial charge in [0.2, 0.25) is 0 Å². The first-order chi connectivity index (χ1) is 5.15. The fourth-order valence-electron chi connectivity index (χ4n) is 0.808. The lowest BCUT2D eigenvalue weighted by Crippen LogP contribution is -2.28. The van der Waals surface area contributed by atoms with Gasteiger partial charge in [0.15, 0.2) is 0 Å². The number of hydrogen-bond donors (Lipinski definition) is 2. The molecule has 0 spiro atoms. The molecule has 0 aliphatic rings. The van der Waals surface area contributed by atoms with Gasteiger partial charge in [0.05, 0.1) is 0 Å². The van der Waals surface area contributed by atoms with Crippen LogP contribution in [0.5, 0.6) is 0 Å². The number of nitrogens with zero attached hydrogens (tertiary/aromatic N) is 1. The van der Waals surface area contributed by atoms with E-state index in [4.69, 9.17) is 15.3 Å². The highest BCUT2D eigenvalue weighted by Gasteiger charge is 2.17. The molecule has 0 aliphatic heterocycles. The smallest absolute Gasteiger partial charge is 0.423 e. The fraction of sp³-hybridized carbons (Fsp3) is 0.167. The SMILES string of the molecule is Cc1cc(C#N)sc1B(O)O. The Bertz CT molecular complexity index is 302. The van der Waals surface area contributed by atoms with Crippen LogP contribution in [0.2, 0.25) is 0 Å². The number of aryl methyl sites for hydroxylation is 1. The highest BCUT2D eigenvalue weighted by Crippen LogP contribution is 2.09. The quantitative estimate of drug-likeness (QED) is 0.559. The van der Waals surface area contributed by atoms with E-state index in [1.165, 1.54) is 0 Å². The summed E-state index contributed by atoms with van der Waals surface area (Å²) in [5, 5.41) is 26.0. The topological polar surface area (TPSA) is 64.2 Å². The van der Waals surface area contributed by atoms with Crippen molar-refractivity contribution in [3.05, 3.63) is 16.5 Å². The molecule has 11 heavy (non-hydrogen) atoms. The zero-order chi connectivity index (χ0) is 8.43. The van der Waals surface area contributed by atoms with Gasteiger partial charge in [-0.15, -0.1) is 11.3 Å². The maximum atomic E-state index is 8.77. The first-order valence-corrected chi connectivity index (χ1v) is 3.83. The summed E-state index contributed by atoms with van der Waals surface area (Å²) in [6.07, 6.45) is 0. The van der Waals surface area contributed by atoms with Crippen LogP contribution in [-0.2, 0) is 0 Å². The van der Waals surface area contributed by atoms with Crippen molar-refractivity contribution in [3.8, 4) is 6.07 Å². The zero-order valence-corrected chi connectivity index (χ0v) is 6.72. The summed E-state index contributed by atoms with van der Waals surface area (Å²) < 4.78 is 0.446. The maximum absolute atomic E-state index is 8.77. The molecule has 1 rings (SSSR count). The van der Waals surface area contributed by atoms with Crippen molar-refractivity contribution in [1.29, 1.82) is 5.26 Å². The van der Waals surface area contributed by atoms with Gasteiger partial charge in [-0.05, 0) is 18.6 Å². The normalized spacial score (nSPS) is 9.27. The molecule has 0 amide bonds. The first-order valence-electron chi connectivity index (χ1n) is 3.01. The molecule has 0 aliphatic carbocycles. The molecule has 5 heteroatoms. The second kappa shape index (κ2) is 3.05. The molecule has 3 nitrogen and oxygen atoms in total. The third kappa shape index (κ3) is 1.60. The summed E-state index contributed by atoms with van der Waals surface area (Å²) in [5.74, 6) is 0. The molecule has 0 fully saturated rings. The van der Waals surface area contributed by atoms with Crippen LogP contribution in [-0.4, -0.2) is 17.2 Å². The Labute approximate surface area is 68.7 Å². The highest BCUT2D eigenvalue weighted by atomic mass is 32.1. The molecule has 1 heterocycles. The van der Waals surface area contributed by atoms with E-state index < -0.39 is 7.12 Å². The molecule has 0 bridgehead atoms. The van der Waals surface area contributed by atoms with Gasteiger partial charge in [-0.1, -0.05) is 0 Å². The van der Waals surface area contributed by atoms with Gasteiger partial charge < -0.3 is 10.0 Å². The predicted molar refractivity (Wildman–Crippen MR) is 43.6 cm³/mol. The van der Waals surface area contributed by atoms with Gasteiger partial charge in [-0.3, -0.25) is 0 Å². The molecule has 0 aromatic carbocycles. The largest absolute Gasteiger partial charge is 0.499 e. The van der Waals surface area contributed by atoms with Crippen LogP contribution >= 0.6 is 11.3 Å². The van der Waals surface area contributed by atoms with Crippen LogP contribution in [0.4, 0.5) is 0 Å². The van der Waals surface area contributed by atoms with E-state index in [0.29, 0.717) is 9.65 Å². The lowest BCUT2D eigenvalue weighted by molar-refractivity contribution is 0.426. The highest BCUT2D eigenvalue weighted by molar-refractivity contribution is 7.22. The van der Waals surface area contributed by atoms with Crippen molar-refractivity contribution < 1.29 is 10.0 Å². The molecule has 56 valence electrons. The van der Waals surface area contributed by atoms with Crippen LogP contribution in [0, 0.1) is 18.3 Å². The summed E-state index contributed by atoms with van der Waals surface area (Å²) in [7, 11) is -1.46. The molecule has 1 aromatic heterocycles. The third-order valence-corrected chi connectivity index (χ3v) is 2.48. The Hall–Kier alpha value is -0.825. The number of rotatable bonds is 1. The summed E-state index contributed by atoms with van der Waals surface area (Å²) >= 11 is 1.11. The Morgan fingerprint density at radius 3 is 2.55 bits per heavy atom. The molecule has 1 aromatic rings. The van der Waals surface area contributed by atoms with Gasteiger partial charge in [0.1, 0.15) is 10.9 Å². The van der Waals surface area contributed by atoms with Crippen LogP contribution in [0.3, 0.4) is 0 Å². The lowest BCUT2D eigenvalue weighted by Gasteiger charge is -1.92. The Balaban J connectivity index is 3.09. The van der Waals surface area contributed by atoms with Gasteiger partial charge >= 0.3 is 7.12 Å². The van der Waals surface area contributed by atoms with Crippen LogP contribution < -0.4 is 4.78 Å². The van der Waals surface area contributed by atoms with E-state index in [0.717, 1.165) is 16.9 Å². The molecular weight excluding hydrogens is 161 g/mol. The summed E-state index contributed by atoms with van der Waals surface area (Å²) in [4.78, 5) is 0.505. The molecule has 0 unspecified atom stereocenters. The zero-order valence-electron chi connectivity index (χ0n) is 5.90. The van der Waals surface area contributed by atoms with E-state index in [-0.39, 0.29) is 0 Å². The maximum Gasteiger partial charge on any atom is 0.499 e. The van der Waals surface area contributed by atoms with Crippen molar-refractivity contribution in [3.63, 3.8) is 0 Å². The van der Waals surface area contributed by atoms with Gasteiger partial charge in [0.25, 0.3) is 0 Å². The van der Waals surface area contributed by atoms with E-state index in [2.05, 4.69) is 0 Å². The van der Waals surface area contributed by atoms with Crippen molar-refractivity contribution in [2.75, 3.05) is 0 Å². The summed E-state index contributed by atoms with van der Waals surface area (Å²) in [6.45, 7) is 1.74.